The first kappa shape index (κ1) is 12.9. The number of aryl methyl sites for hydroxylation is 1. The topological polar surface area (TPSA) is 87.6 Å². The number of aromatic nitrogens is 1. The van der Waals surface area contributed by atoms with Gasteiger partial charge in [0.05, 0.1) is 5.69 Å². The van der Waals surface area contributed by atoms with Crippen LogP contribution in [-0.2, 0) is 11.4 Å². The standard InChI is InChI=1S/C13H14N2O4/c1-9-6-12(19-15-9)7-17-10-2-4-11(5-3-10)18-8-13(14)16/h2-6H,7-8H2,1H3,(H2,14,16). The van der Waals surface area contributed by atoms with Gasteiger partial charge in [0.2, 0.25) is 0 Å². The highest BCUT2D eigenvalue weighted by atomic mass is 16.5. The van der Waals surface area contributed by atoms with E-state index >= 15 is 0 Å². The molecule has 1 amide bonds. The Kier molecular flexibility index (Phi) is 4.02. The Morgan fingerprint density at radius 1 is 1.26 bits per heavy atom. The van der Waals surface area contributed by atoms with E-state index in [0.717, 1.165) is 5.69 Å². The summed E-state index contributed by atoms with van der Waals surface area (Å²) in [6, 6.07) is 8.68. The first-order chi connectivity index (χ1) is 9.13. The van der Waals surface area contributed by atoms with Crippen molar-refractivity contribution in [3.8, 4) is 11.5 Å². The Balaban J connectivity index is 1.86. The smallest absolute Gasteiger partial charge is 0.255 e. The summed E-state index contributed by atoms with van der Waals surface area (Å²) in [5, 5.41) is 3.77. The SMILES string of the molecule is Cc1cc(COc2ccc(OCC(N)=O)cc2)on1. The zero-order valence-electron chi connectivity index (χ0n) is 10.5. The summed E-state index contributed by atoms with van der Waals surface area (Å²) >= 11 is 0. The van der Waals surface area contributed by atoms with Crippen molar-refractivity contribution in [1.82, 2.24) is 5.16 Å². The Bertz CT molecular complexity index is 548. The molecule has 2 aromatic rings. The van der Waals surface area contributed by atoms with Crippen molar-refractivity contribution >= 4 is 5.91 Å². The summed E-state index contributed by atoms with van der Waals surface area (Å²) in [5.41, 5.74) is 5.79. The van der Waals surface area contributed by atoms with E-state index in [0.29, 0.717) is 23.9 Å². The number of primary amides is 1. The molecule has 2 N–H and O–H groups in total. The van der Waals surface area contributed by atoms with Crippen molar-refractivity contribution in [1.29, 1.82) is 0 Å². The highest BCUT2D eigenvalue weighted by Crippen LogP contribution is 2.18. The molecule has 1 aromatic heterocycles. The lowest BCUT2D eigenvalue weighted by molar-refractivity contribution is -0.119. The third kappa shape index (κ3) is 4.02. The molecule has 0 spiro atoms. The van der Waals surface area contributed by atoms with Gasteiger partial charge in [-0.3, -0.25) is 4.79 Å². The number of nitrogens with zero attached hydrogens (tertiary/aromatic N) is 1. The highest BCUT2D eigenvalue weighted by molar-refractivity contribution is 5.75. The molecule has 1 aromatic carbocycles. The van der Waals surface area contributed by atoms with Crippen molar-refractivity contribution in [2.75, 3.05) is 6.61 Å². The molecule has 1 heterocycles. The second kappa shape index (κ2) is 5.90. The molecule has 0 bridgehead atoms. The lowest BCUT2D eigenvalue weighted by Gasteiger charge is -2.06. The van der Waals surface area contributed by atoms with Crippen LogP contribution >= 0.6 is 0 Å². The molecule has 0 atom stereocenters. The van der Waals surface area contributed by atoms with Crippen LogP contribution in [0, 0.1) is 6.92 Å². The van der Waals surface area contributed by atoms with Gasteiger partial charge in [-0.25, -0.2) is 0 Å². The molecule has 0 unspecified atom stereocenters. The number of hydrogen-bond donors (Lipinski definition) is 1. The van der Waals surface area contributed by atoms with Crippen LogP contribution in [0.2, 0.25) is 0 Å². The molecular formula is C13H14N2O4. The maximum Gasteiger partial charge on any atom is 0.255 e. The average Bonchev–Trinajstić information content (AvgIpc) is 2.81. The second-order valence-electron chi connectivity index (χ2n) is 3.95. The van der Waals surface area contributed by atoms with Gasteiger partial charge in [-0.15, -0.1) is 0 Å². The van der Waals surface area contributed by atoms with E-state index in [-0.39, 0.29) is 6.61 Å². The lowest BCUT2D eigenvalue weighted by atomic mass is 10.3. The van der Waals surface area contributed by atoms with E-state index < -0.39 is 5.91 Å². The Labute approximate surface area is 110 Å². The fraction of sp³-hybridized carbons (Fsp3) is 0.231. The Morgan fingerprint density at radius 2 is 1.89 bits per heavy atom. The lowest BCUT2D eigenvalue weighted by Crippen LogP contribution is -2.19. The highest BCUT2D eigenvalue weighted by Gasteiger charge is 2.02. The number of rotatable bonds is 6. The summed E-state index contributed by atoms with van der Waals surface area (Å²) < 4.78 is 15.7. The predicted molar refractivity (Wildman–Crippen MR) is 66.7 cm³/mol. The minimum atomic E-state index is -0.513. The van der Waals surface area contributed by atoms with Crippen molar-refractivity contribution in [2.45, 2.75) is 13.5 Å². The molecule has 0 aliphatic carbocycles. The van der Waals surface area contributed by atoms with Gasteiger partial charge >= 0.3 is 0 Å². The zero-order valence-corrected chi connectivity index (χ0v) is 10.5. The van der Waals surface area contributed by atoms with Gasteiger partial charge in [0.15, 0.2) is 12.4 Å². The summed E-state index contributed by atoms with van der Waals surface area (Å²) in [6.45, 7) is 2.01. The fourth-order valence-corrected chi connectivity index (χ4v) is 1.43. The molecule has 6 nitrogen and oxygen atoms in total. The molecule has 19 heavy (non-hydrogen) atoms. The Morgan fingerprint density at radius 3 is 2.42 bits per heavy atom. The minimum Gasteiger partial charge on any atom is -0.486 e. The van der Waals surface area contributed by atoms with E-state index in [1.54, 1.807) is 24.3 Å². The van der Waals surface area contributed by atoms with Gasteiger partial charge in [-0.1, -0.05) is 5.16 Å². The van der Waals surface area contributed by atoms with Crippen molar-refractivity contribution in [3.05, 3.63) is 41.8 Å². The number of amides is 1. The summed E-state index contributed by atoms with van der Waals surface area (Å²) in [6.07, 6.45) is 0. The first-order valence-electron chi connectivity index (χ1n) is 5.69. The van der Waals surface area contributed by atoms with Crippen LogP contribution in [0.15, 0.2) is 34.9 Å². The van der Waals surface area contributed by atoms with Crippen molar-refractivity contribution < 1.29 is 18.8 Å². The van der Waals surface area contributed by atoms with Crippen LogP contribution in [0.25, 0.3) is 0 Å². The van der Waals surface area contributed by atoms with Gasteiger partial charge in [-0.05, 0) is 31.2 Å². The number of benzene rings is 1. The molecule has 0 aliphatic rings. The monoisotopic (exact) mass is 262 g/mol. The number of ether oxygens (including phenoxy) is 2. The van der Waals surface area contributed by atoms with E-state index in [4.69, 9.17) is 19.7 Å². The van der Waals surface area contributed by atoms with Gasteiger partial charge in [0, 0.05) is 6.07 Å². The van der Waals surface area contributed by atoms with Crippen molar-refractivity contribution in [3.63, 3.8) is 0 Å². The van der Waals surface area contributed by atoms with Crippen molar-refractivity contribution in [2.24, 2.45) is 5.73 Å². The molecule has 0 saturated heterocycles. The van der Waals surface area contributed by atoms with Crippen LogP contribution in [-0.4, -0.2) is 17.7 Å². The van der Waals surface area contributed by atoms with Gasteiger partial charge < -0.3 is 19.7 Å². The van der Waals surface area contributed by atoms with E-state index in [1.807, 2.05) is 13.0 Å². The fourth-order valence-electron chi connectivity index (χ4n) is 1.43. The first-order valence-corrected chi connectivity index (χ1v) is 5.69. The molecule has 100 valence electrons. The quantitative estimate of drug-likeness (QED) is 0.850. The molecular weight excluding hydrogens is 248 g/mol. The zero-order chi connectivity index (χ0) is 13.7. The number of carbonyl (C=O) groups excluding carboxylic acids is 1. The summed E-state index contributed by atoms with van der Waals surface area (Å²) in [7, 11) is 0. The average molecular weight is 262 g/mol. The van der Waals surface area contributed by atoms with Gasteiger partial charge in [0.25, 0.3) is 5.91 Å². The van der Waals surface area contributed by atoms with E-state index in [9.17, 15) is 4.79 Å². The van der Waals surface area contributed by atoms with Gasteiger partial charge in [-0.2, -0.15) is 0 Å². The van der Waals surface area contributed by atoms with Crippen LogP contribution in [0.5, 0.6) is 11.5 Å². The number of carbonyl (C=O) groups is 1. The molecule has 0 fully saturated rings. The molecule has 0 saturated carbocycles. The van der Waals surface area contributed by atoms with E-state index in [1.165, 1.54) is 0 Å². The predicted octanol–water partition coefficient (Wildman–Crippen LogP) is 1.43. The largest absolute Gasteiger partial charge is 0.486 e. The van der Waals surface area contributed by atoms with E-state index in [2.05, 4.69) is 5.16 Å². The van der Waals surface area contributed by atoms with Crippen LogP contribution < -0.4 is 15.2 Å². The summed E-state index contributed by atoms with van der Waals surface area (Å²) in [4.78, 5) is 10.6. The molecule has 2 rings (SSSR count). The molecule has 6 heteroatoms. The number of nitrogens with two attached hydrogens (primary N) is 1. The minimum absolute atomic E-state index is 0.141. The maximum absolute atomic E-state index is 10.6. The maximum atomic E-state index is 10.6. The number of hydrogen-bond acceptors (Lipinski definition) is 5. The van der Waals surface area contributed by atoms with Crippen LogP contribution in [0.4, 0.5) is 0 Å². The molecule has 0 radical (unpaired) electrons. The third-order valence-corrected chi connectivity index (χ3v) is 2.26. The van der Waals surface area contributed by atoms with Crippen LogP contribution in [0.1, 0.15) is 11.5 Å². The third-order valence-electron chi connectivity index (χ3n) is 2.26. The Hall–Kier alpha value is -2.50. The van der Waals surface area contributed by atoms with Crippen LogP contribution in [0.3, 0.4) is 0 Å². The second-order valence-corrected chi connectivity index (χ2v) is 3.95. The normalized spacial score (nSPS) is 10.2. The van der Waals surface area contributed by atoms with Gasteiger partial charge in [0.1, 0.15) is 18.1 Å². The summed E-state index contributed by atoms with van der Waals surface area (Å²) in [5.74, 6) is 1.37. The molecule has 0 aliphatic heterocycles.